The highest BCUT2D eigenvalue weighted by molar-refractivity contribution is 5.94. The Morgan fingerprint density at radius 1 is 1.29 bits per heavy atom. The van der Waals surface area contributed by atoms with Crippen molar-refractivity contribution in [2.45, 2.75) is 31.7 Å². The van der Waals surface area contributed by atoms with Gasteiger partial charge in [0.25, 0.3) is 11.5 Å². The lowest BCUT2D eigenvalue weighted by molar-refractivity contribution is -0.146. The van der Waals surface area contributed by atoms with Gasteiger partial charge in [0.2, 0.25) is 0 Å². The number of ether oxygens (including phenoxy) is 1. The van der Waals surface area contributed by atoms with Gasteiger partial charge in [-0.3, -0.25) is 14.4 Å². The van der Waals surface area contributed by atoms with Crippen molar-refractivity contribution in [2.24, 2.45) is 13.0 Å². The summed E-state index contributed by atoms with van der Waals surface area (Å²) in [5.74, 6) is -0.479. The van der Waals surface area contributed by atoms with Gasteiger partial charge in [-0.25, -0.2) is 0 Å². The Balaban J connectivity index is 1.91. The third-order valence-electron chi connectivity index (χ3n) is 3.96. The van der Waals surface area contributed by atoms with E-state index in [2.05, 4.69) is 5.32 Å². The van der Waals surface area contributed by atoms with E-state index >= 15 is 0 Å². The minimum Gasteiger partial charge on any atom is -0.469 e. The van der Waals surface area contributed by atoms with E-state index in [1.54, 1.807) is 19.3 Å². The number of aromatic nitrogens is 1. The number of esters is 1. The topological polar surface area (TPSA) is 77.4 Å². The number of methoxy groups -OCH3 is 1. The van der Waals surface area contributed by atoms with Gasteiger partial charge >= 0.3 is 5.97 Å². The highest BCUT2D eigenvalue weighted by atomic mass is 16.5. The van der Waals surface area contributed by atoms with Crippen molar-refractivity contribution >= 4 is 11.9 Å². The molecule has 0 aromatic carbocycles. The van der Waals surface area contributed by atoms with Crippen LogP contribution in [-0.2, 0) is 16.6 Å². The molecule has 114 valence electrons. The number of hydrogen-bond donors (Lipinski definition) is 1. The van der Waals surface area contributed by atoms with Crippen molar-refractivity contribution in [3.8, 4) is 0 Å². The molecule has 1 saturated carbocycles. The van der Waals surface area contributed by atoms with Gasteiger partial charge in [-0.1, -0.05) is 0 Å². The summed E-state index contributed by atoms with van der Waals surface area (Å²) < 4.78 is 6.15. The number of hydrogen-bond acceptors (Lipinski definition) is 4. The number of carbonyl (C=O) groups is 2. The van der Waals surface area contributed by atoms with Crippen LogP contribution in [0.2, 0.25) is 0 Å². The molecule has 2 rings (SSSR count). The van der Waals surface area contributed by atoms with Crippen LogP contribution in [-0.4, -0.2) is 29.6 Å². The van der Waals surface area contributed by atoms with Gasteiger partial charge in [-0.05, 0) is 31.7 Å². The lowest BCUT2D eigenvalue weighted by atomic mass is 9.86. The average Bonchev–Trinajstić information content (AvgIpc) is 2.50. The van der Waals surface area contributed by atoms with Gasteiger partial charge in [0.15, 0.2) is 0 Å². The zero-order valence-electron chi connectivity index (χ0n) is 12.3. The van der Waals surface area contributed by atoms with Crippen LogP contribution in [0.4, 0.5) is 0 Å². The lowest BCUT2D eigenvalue weighted by Crippen LogP contribution is -2.39. The molecule has 1 aromatic rings. The molecule has 21 heavy (non-hydrogen) atoms. The fourth-order valence-corrected chi connectivity index (χ4v) is 2.60. The van der Waals surface area contributed by atoms with Gasteiger partial charge in [0.1, 0.15) is 0 Å². The van der Waals surface area contributed by atoms with Crippen LogP contribution >= 0.6 is 0 Å². The summed E-state index contributed by atoms with van der Waals surface area (Å²) in [5.41, 5.74) is 0.158. The summed E-state index contributed by atoms with van der Waals surface area (Å²) in [7, 11) is 3.03. The van der Waals surface area contributed by atoms with Gasteiger partial charge in [-0.2, -0.15) is 0 Å². The van der Waals surface area contributed by atoms with Crippen molar-refractivity contribution in [1.29, 1.82) is 0 Å². The molecule has 0 radical (unpaired) electrons. The number of rotatable bonds is 3. The number of nitrogens with one attached hydrogen (secondary N) is 1. The zero-order chi connectivity index (χ0) is 15.4. The van der Waals surface area contributed by atoms with E-state index in [0.717, 1.165) is 12.8 Å². The predicted octanol–water partition coefficient (Wildman–Crippen LogP) is 0.847. The van der Waals surface area contributed by atoms with E-state index in [9.17, 15) is 14.4 Å². The molecule has 0 spiro atoms. The molecular weight excluding hydrogens is 272 g/mol. The molecule has 1 aromatic heterocycles. The highest BCUT2D eigenvalue weighted by Crippen LogP contribution is 2.25. The van der Waals surface area contributed by atoms with Crippen molar-refractivity contribution in [2.75, 3.05) is 7.11 Å². The molecule has 1 fully saturated rings. The van der Waals surface area contributed by atoms with Gasteiger partial charge in [0, 0.05) is 30.9 Å². The Kier molecular flexibility index (Phi) is 4.77. The first kappa shape index (κ1) is 15.3. The Morgan fingerprint density at radius 2 is 1.95 bits per heavy atom. The lowest BCUT2D eigenvalue weighted by Gasteiger charge is -2.27. The number of aryl methyl sites for hydroxylation is 1. The summed E-state index contributed by atoms with van der Waals surface area (Å²) in [6.07, 6.45) is 4.50. The van der Waals surface area contributed by atoms with E-state index in [-0.39, 0.29) is 29.4 Å². The molecule has 1 aliphatic rings. The van der Waals surface area contributed by atoms with Gasteiger partial charge < -0.3 is 14.6 Å². The summed E-state index contributed by atoms with van der Waals surface area (Å²) in [4.78, 5) is 35.1. The maximum Gasteiger partial charge on any atom is 0.308 e. The summed E-state index contributed by atoms with van der Waals surface area (Å²) in [6.45, 7) is 0. The normalized spacial score (nSPS) is 21.6. The first-order valence-electron chi connectivity index (χ1n) is 7.06. The maximum atomic E-state index is 12.1. The monoisotopic (exact) mass is 292 g/mol. The van der Waals surface area contributed by atoms with E-state index in [1.807, 2.05) is 0 Å². The van der Waals surface area contributed by atoms with Crippen molar-refractivity contribution in [3.63, 3.8) is 0 Å². The Morgan fingerprint density at radius 3 is 2.52 bits per heavy atom. The van der Waals surface area contributed by atoms with Crippen LogP contribution in [0.5, 0.6) is 0 Å². The minimum absolute atomic E-state index is 0.0439. The first-order chi connectivity index (χ1) is 10.0. The third-order valence-corrected chi connectivity index (χ3v) is 3.96. The minimum atomic E-state index is -0.241. The van der Waals surface area contributed by atoms with E-state index in [1.165, 1.54) is 17.7 Å². The largest absolute Gasteiger partial charge is 0.469 e. The first-order valence-corrected chi connectivity index (χ1v) is 7.06. The van der Waals surface area contributed by atoms with Crippen molar-refractivity contribution in [3.05, 3.63) is 34.2 Å². The molecule has 0 bridgehead atoms. The van der Waals surface area contributed by atoms with Crippen LogP contribution in [0, 0.1) is 5.92 Å². The molecule has 1 heterocycles. The highest BCUT2D eigenvalue weighted by Gasteiger charge is 2.27. The third kappa shape index (κ3) is 3.71. The summed E-state index contributed by atoms with van der Waals surface area (Å²) in [6, 6.07) is 2.99. The van der Waals surface area contributed by atoms with Gasteiger partial charge in [0.05, 0.1) is 13.0 Å². The maximum absolute atomic E-state index is 12.1. The fourth-order valence-electron chi connectivity index (χ4n) is 2.60. The molecule has 6 heteroatoms. The van der Waals surface area contributed by atoms with Gasteiger partial charge in [-0.15, -0.1) is 0 Å². The SMILES string of the molecule is COC(=O)C1CCC(NC(=O)c2ccn(C)c(=O)c2)CC1. The molecule has 6 nitrogen and oxygen atoms in total. The molecular formula is C15H20N2O4. The Labute approximate surface area is 123 Å². The quantitative estimate of drug-likeness (QED) is 0.838. The molecule has 0 atom stereocenters. The van der Waals surface area contributed by atoms with Crippen LogP contribution in [0.3, 0.4) is 0 Å². The number of pyridine rings is 1. The number of amides is 1. The zero-order valence-corrected chi connectivity index (χ0v) is 12.3. The van der Waals surface area contributed by atoms with Crippen LogP contribution in [0.25, 0.3) is 0 Å². The van der Waals surface area contributed by atoms with Crippen molar-refractivity contribution in [1.82, 2.24) is 9.88 Å². The second-order valence-corrected chi connectivity index (χ2v) is 5.41. The molecule has 1 aliphatic carbocycles. The smallest absolute Gasteiger partial charge is 0.308 e. The van der Waals surface area contributed by atoms with E-state index < -0.39 is 0 Å². The molecule has 0 saturated heterocycles. The standard InChI is InChI=1S/C15H20N2O4/c1-17-8-7-11(9-13(17)18)14(19)16-12-5-3-10(4-6-12)15(20)21-2/h7-10,12H,3-6H2,1-2H3,(H,16,19). The molecule has 1 N–H and O–H groups in total. The van der Waals surface area contributed by atoms with Crippen LogP contribution < -0.4 is 10.9 Å². The summed E-state index contributed by atoms with van der Waals surface area (Å²) in [5, 5.41) is 2.92. The van der Waals surface area contributed by atoms with Crippen LogP contribution in [0.1, 0.15) is 36.0 Å². The second-order valence-electron chi connectivity index (χ2n) is 5.41. The average molecular weight is 292 g/mol. The van der Waals surface area contributed by atoms with E-state index in [4.69, 9.17) is 4.74 Å². The van der Waals surface area contributed by atoms with Crippen LogP contribution in [0.15, 0.2) is 23.1 Å². The predicted molar refractivity (Wildman–Crippen MR) is 76.9 cm³/mol. The van der Waals surface area contributed by atoms with Crippen molar-refractivity contribution < 1.29 is 14.3 Å². The fraction of sp³-hybridized carbons (Fsp3) is 0.533. The number of carbonyl (C=O) groups excluding carboxylic acids is 2. The Bertz CT molecular complexity index is 586. The second kappa shape index (κ2) is 6.56. The molecule has 0 unspecified atom stereocenters. The molecule has 0 aliphatic heterocycles. The Hall–Kier alpha value is -2.11. The molecule has 1 amide bonds. The summed E-state index contributed by atoms with van der Waals surface area (Å²) >= 11 is 0. The van der Waals surface area contributed by atoms with E-state index in [0.29, 0.717) is 18.4 Å². The number of nitrogens with zero attached hydrogens (tertiary/aromatic N) is 1.